The molecular weight excluding hydrogens is 483 g/mol. The first-order valence-corrected chi connectivity index (χ1v) is 13.8. The molecule has 6 heteroatoms. The number of hydrogen-bond acceptors (Lipinski definition) is 3. The lowest BCUT2D eigenvalue weighted by atomic mass is 9.92. The van der Waals surface area contributed by atoms with E-state index in [1.165, 1.54) is 11.6 Å². The summed E-state index contributed by atoms with van der Waals surface area (Å²) in [7, 11) is 0. The van der Waals surface area contributed by atoms with E-state index in [0.717, 1.165) is 37.7 Å². The van der Waals surface area contributed by atoms with Crippen LogP contribution in [-0.4, -0.2) is 34.6 Å². The van der Waals surface area contributed by atoms with Crippen LogP contribution in [-0.2, 0) is 17.8 Å². The minimum atomic E-state index is -0.274. The molecule has 0 spiro atoms. The highest BCUT2D eigenvalue weighted by Crippen LogP contribution is 2.42. The number of fused-ring (bicyclic) bond motifs is 1. The fourth-order valence-electron chi connectivity index (χ4n) is 5.12. The van der Waals surface area contributed by atoms with Gasteiger partial charge >= 0.3 is 0 Å². The van der Waals surface area contributed by atoms with Crippen LogP contribution in [0.3, 0.4) is 0 Å². The van der Waals surface area contributed by atoms with Crippen molar-refractivity contribution in [2.45, 2.75) is 49.9 Å². The van der Waals surface area contributed by atoms with Crippen LogP contribution in [0.25, 0.3) is 6.08 Å². The summed E-state index contributed by atoms with van der Waals surface area (Å²) in [5, 5.41) is 3.29. The first kappa shape index (κ1) is 25.3. The normalized spacial score (nSPS) is 20.5. The number of amides is 2. The molecule has 0 bridgehead atoms. The van der Waals surface area contributed by atoms with Gasteiger partial charge in [-0.2, -0.15) is 0 Å². The second-order valence-electron chi connectivity index (χ2n) is 9.65. The van der Waals surface area contributed by atoms with Gasteiger partial charge < -0.3 is 10.2 Å². The Morgan fingerprint density at radius 3 is 2.49 bits per heavy atom. The van der Waals surface area contributed by atoms with Gasteiger partial charge in [-0.1, -0.05) is 73.5 Å². The molecule has 1 saturated carbocycles. The Labute approximate surface area is 222 Å². The molecule has 1 heterocycles. The van der Waals surface area contributed by atoms with Gasteiger partial charge in [0.25, 0.3) is 11.8 Å². The topological polar surface area (TPSA) is 49.4 Å². The largest absolute Gasteiger partial charge is 0.352 e. The monoisotopic (exact) mass is 514 g/mol. The highest BCUT2D eigenvalue weighted by molar-refractivity contribution is 8.04. The van der Waals surface area contributed by atoms with E-state index in [2.05, 4.69) is 5.32 Å². The van der Waals surface area contributed by atoms with Gasteiger partial charge in [0.1, 0.15) is 5.82 Å². The minimum Gasteiger partial charge on any atom is -0.352 e. The molecule has 2 unspecified atom stereocenters. The van der Waals surface area contributed by atoms with Crippen LogP contribution >= 0.6 is 11.8 Å². The van der Waals surface area contributed by atoms with E-state index in [9.17, 15) is 14.0 Å². The van der Waals surface area contributed by atoms with E-state index in [1.54, 1.807) is 36.0 Å². The maximum Gasteiger partial charge on any atom is 0.260 e. The minimum absolute atomic E-state index is 0.0425. The number of carbonyl (C=O) groups excluding carboxylic acids is 2. The molecule has 3 aromatic carbocycles. The van der Waals surface area contributed by atoms with Crippen molar-refractivity contribution in [3.63, 3.8) is 0 Å². The van der Waals surface area contributed by atoms with Gasteiger partial charge in [0.05, 0.1) is 4.91 Å². The average Bonchev–Trinajstić information content (AvgIpc) is 2.93. The van der Waals surface area contributed by atoms with Gasteiger partial charge in [0.2, 0.25) is 0 Å². The van der Waals surface area contributed by atoms with Gasteiger partial charge in [-0.05, 0) is 54.7 Å². The summed E-state index contributed by atoms with van der Waals surface area (Å²) >= 11 is 1.65. The molecule has 3 aromatic rings. The smallest absolute Gasteiger partial charge is 0.260 e. The zero-order valence-electron chi connectivity index (χ0n) is 20.7. The standard InChI is InChI=1S/C31H31FN2O2S/c32-26-11-5-4-10-25(26)21-34-27-12-6-7-13-28(27)37-29(31(34)36)20-23-14-16-24(17-15-23)30(35)33-19-18-22-8-2-1-3-9-22/h1-5,8-11,14-17,20,27-28H,6-7,12-13,18-19,21H2,(H,33,35)/b29-20-. The molecule has 1 saturated heterocycles. The number of carbonyl (C=O) groups is 2. The number of halogens is 1. The Morgan fingerprint density at radius 1 is 0.973 bits per heavy atom. The molecule has 2 atom stereocenters. The molecule has 2 fully saturated rings. The molecule has 0 aromatic heterocycles. The summed E-state index contributed by atoms with van der Waals surface area (Å²) in [4.78, 5) is 28.7. The quantitative estimate of drug-likeness (QED) is 0.381. The molecule has 2 amide bonds. The maximum absolute atomic E-state index is 14.4. The van der Waals surface area contributed by atoms with Crippen molar-refractivity contribution in [2.24, 2.45) is 0 Å². The molecule has 37 heavy (non-hydrogen) atoms. The van der Waals surface area contributed by atoms with Gasteiger partial charge in [-0.3, -0.25) is 9.59 Å². The zero-order valence-corrected chi connectivity index (χ0v) is 21.6. The second kappa shape index (κ2) is 11.8. The van der Waals surface area contributed by atoms with Crippen molar-refractivity contribution in [1.29, 1.82) is 0 Å². The molecular formula is C31H31FN2O2S. The second-order valence-corrected chi connectivity index (χ2v) is 10.9. The van der Waals surface area contributed by atoms with Gasteiger partial charge in [0.15, 0.2) is 0 Å². The molecule has 1 aliphatic heterocycles. The van der Waals surface area contributed by atoms with Crippen molar-refractivity contribution in [1.82, 2.24) is 10.2 Å². The Hall–Kier alpha value is -3.38. The fourth-order valence-corrected chi connectivity index (χ4v) is 6.59. The highest BCUT2D eigenvalue weighted by Gasteiger charge is 2.40. The van der Waals surface area contributed by atoms with E-state index < -0.39 is 0 Å². The van der Waals surface area contributed by atoms with E-state index in [-0.39, 0.29) is 30.2 Å². The number of thioether (sulfide) groups is 1. The first-order valence-electron chi connectivity index (χ1n) is 12.9. The highest BCUT2D eigenvalue weighted by atomic mass is 32.2. The van der Waals surface area contributed by atoms with E-state index in [0.29, 0.717) is 27.8 Å². The lowest BCUT2D eigenvalue weighted by molar-refractivity contribution is -0.130. The average molecular weight is 515 g/mol. The van der Waals surface area contributed by atoms with Crippen molar-refractivity contribution < 1.29 is 14.0 Å². The molecule has 1 aliphatic carbocycles. The predicted molar refractivity (Wildman–Crippen MR) is 147 cm³/mol. The predicted octanol–water partition coefficient (Wildman–Crippen LogP) is 6.23. The lowest BCUT2D eigenvalue weighted by Crippen LogP contribution is -2.50. The van der Waals surface area contributed by atoms with Crippen LogP contribution in [0.5, 0.6) is 0 Å². The van der Waals surface area contributed by atoms with Crippen LogP contribution in [0.15, 0.2) is 83.8 Å². The molecule has 0 radical (unpaired) electrons. The molecule has 190 valence electrons. The fraction of sp³-hybridized carbons (Fsp3) is 0.290. The first-order chi connectivity index (χ1) is 18.1. The number of rotatable bonds is 7. The number of nitrogens with zero attached hydrogens (tertiary/aromatic N) is 1. The zero-order chi connectivity index (χ0) is 25.6. The van der Waals surface area contributed by atoms with Gasteiger partial charge in [-0.25, -0.2) is 4.39 Å². The van der Waals surface area contributed by atoms with Crippen LogP contribution in [0.2, 0.25) is 0 Å². The van der Waals surface area contributed by atoms with Crippen LogP contribution in [0.4, 0.5) is 4.39 Å². The number of hydrogen-bond donors (Lipinski definition) is 1. The van der Waals surface area contributed by atoms with E-state index >= 15 is 0 Å². The van der Waals surface area contributed by atoms with Crippen LogP contribution in [0, 0.1) is 5.82 Å². The Morgan fingerprint density at radius 2 is 1.70 bits per heavy atom. The van der Waals surface area contributed by atoms with Crippen molar-refractivity contribution in [2.75, 3.05) is 6.54 Å². The Kier molecular flexibility index (Phi) is 8.05. The lowest BCUT2D eigenvalue weighted by Gasteiger charge is -2.44. The van der Waals surface area contributed by atoms with Crippen molar-refractivity contribution >= 4 is 29.7 Å². The van der Waals surface area contributed by atoms with Gasteiger partial charge in [-0.15, -0.1) is 11.8 Å². The summed E-state index contributed by atoms with van der Waals surface area (Å²) in [6.07, 6.45) is 6.94. The third kappa shape index (κ3) is 6.13. The Balaban J connectivity index is 1.27. The van der Waals surface area contributed by atoms with Gasteiger partial charge in [0, 0.05) is 35.5 Å². The maximum atomic E-state index is 14.4. The van der Waals surface area contributed by atoms with E-state index in [4.69, 9.17) is 0 Å². The molecule has 5 rings (SSSR count). The van der Waals surface area contributed by atoms with Crippen LogP contribution < -0.4 is 5.32 Å². The Bertz CT molecular complexity index is 1280. The molecule has 4 nitrogen and oxygen atoms in total. The summed E-state index contributed by atoms with van der Waals surface area (Å²) in [5.41, 5.74) is 3.20. The molecule has 2 aliphatic rings. The van der Waals surface area contributed by atoms with Crippen LogP contribution in [0.1, 0.15) is 52.7 Å². The van der Waals surface area contributed by atoms with E-state index in [1.807, 2.05) is 59.5 Å². The summed E-state index contributed by atoms with van der Waals surface area (Å²) in [5.74, 6) is -0.428. The number of nitrogens with one attached hydrogen (secondary N) is 1. The SMILES string of the molecule is O=C(NCCc1ccccc1)c1ccc(/C=C2\SC3CCCCC3N(Cc3ccccc3F)C2=O)cc1. The molecule has 1 N–H and O–H groups in total. The third-order valence-electron chi connectivity index (χ3n) is 7.13. The third-order valence-corrected chi connectivity index (χ3v) is 8.53. The summed E-state index contributed by atoms with van der Waals surface area (Å²) in [6, 6.07) is 24.2. The number of benzene rings is 3. The van der Waals surface area contributed by atoms with Crippen molar-refractivity contribution in [3.05, 3.63) is 112 Å². The van der Waals surface area contributed by atoms with Crippen molar-refractivity contribution in [3.8, 4) is 0 Å². The summed E-state index contributed by atoms with van der Waals surface area (Å²) < 4.78 is 14.4. The summed E-state index contributed by atoms with van der Waals surface area (Å²) in [6.45, 7) is 0.854.